The molecule has 0 spiro atoms. The number of fused-ring (bicyclic) bond motifs is 1. The van der Waals surface area contributed by atoms with Gasteiger partial charge in [0.2, 0.25) is 0 Å². The number of nitrogens with zero attached hydrogens (tertiary/aromatic N) is 4. The van der Waals surface area contributed by atoms with Crippen LogP contribution >= 0.6 is 24.0 Å². The number of guanidine groups is 1. The molecule has 0 bridgehead atoms. The van der Waals surface area contributed by atoms with Gasteiger partial charge in [-0.1, -0.05) is 0 Å². The van der Waals surface area contributed by atoms with Crippen LogP contribution in [-0.4, -0.2) is 52.6 Å². The Kier molecular flexibility index (Phi) is 9.81. The lowest BCUT2D eigenvalue weighted by Gasteiger charge is -2.19. The lowest BCUT2D eigenvalue weighted by atomic mass is 10.2. The molecule has 1 aliphatic heterocycles. The second-order valence-corrected chi connectivity index (χ2v) is 7.28. The molecule has 1 aromatic heterocycles. The van der Waals surface area contributed by atoms with Gasteiger partial charge in [0.1, 0.15) is 11.4 Å². The van der Waals surface area contributed by atoms with Crippen LogP contribution in [0.5, 0.6) is 0 Å². The molecule has 0 atom stereocenters. The summed E-state index contributed by atoms with van der Waals surface area (Å²) in [5, 5.41) is 17.7. The smallest absolute Gasteiger partial charge is 0.407 e. The number of carbonyl (C=O) groups excluding carboxylic acids is 1. The van der Waals surface area contributed by atoms with Crippen LogP contribution < -0.4 is 16.0 Å². The van der Waals surface area contributed by atoms with Crippen LogP contribution in [0.4, 0.5) is 4.79 Å². The molecule has 0 unspecified atom stereocenters. The van der Waals surface area contributed by atoms with E-state index in [1.54, 1.807) is 7.05 Å². The van der Waals surface area contributed by atoms with Crippen molar-refractivity contribution in [1.82, 2.24) is 30.7 Å². The van der Waals surface area contributed by atoms with Gasteiger partial charge in [0.05, 0.1) is 6.54 Å². The van der Waals surface area contributed by atoms with E-state index in [1.807, 2.05) is 20.8 Å². The molecule has 27 heavy (non-hydrogen) atoms. The van der Waals surface area contributed by atoms with E-state index >= 15 is 0 Å². The minimum Gasteiger partial charge on any atom is -0.444 e. The Hall–Kier alpha value is -1.59. The minimum atomic E-state index is -0.477. The van der Waals surface area contributed by atoms with Crippen LogP contribution in [0, 0.1) is 0 Å². The van der Waals surface area contributed by atoms with Gasteiger partial charge in [-0.05, 0) is 40.0 Å². The van der Waals surface area contributed by atoms with Gasteiger partial charge in [0.25, 0.3) is 0 Å². The molecule has 2 rings (SSSR count). The van der Waals surface area contributed by atoms with Crippen molar-refractivity contribution >= 4 is 36.0 Å². The van der Waals surface area contributed by atoms with E-state index in [0.29, 0.717) is 25.6 Å². The summed E-state index contributed by atoms with van der Waals surface area (Å²) >= 11 is 0. The number of aromatic nitrogens is 3. The number of carbonyl (C=O) groups is 1. The Labute approximate surface area is 178 Å². The first-order valence-electron chi connectivity index (χ1n) is 9.21. The van der Waals surface area contributed by atoms with Crippen molar-refractivity contribution < 1.29 is 9.53 Å². The van der Waals surface area contributed by atoms with Crippen LogP contribution in [0.15, 0.2) is 4.99 Å². The lowest BCUT2D eigenvalue weighted by Crippen LogP contribution is -2.39. The number of aliphatic imine (C=N–C) groups is 1. The second-order valence-electron chi connectivity index (χ2n) is 7.28. The van der Waals surface area contributed by atoms with Gasteiger partial charge in [-0.25, -0.2) is 4.79 Å². The van der Waals surface area contributed by atoms with Gasteiger partial charge < -0.3 is 25.3 Å². The Balaban J connectivity index is 0.00000364. The van der Waals surface area contributed by atoms with Crippen LogP contribution in [0.3, 0.4) is 0 Å². The van der Waals surface area contributed by atoms with Crippen molar-refractivity contribution in [1.29, 1.82) is 0 Å². The third kappa shape index (κ3) is 8.31. The molecular weight excluding hydrogens is 461 g/mol. The third-order valence-corrected chi connectivity index (χ3v) is 3.89. The maximum Gasteiger partial charge on any atom is 0.407 e. The maximum absolute atomic E-state index is 11.6. The van der Waals surface area contributed by atoms with E-state index in [9.17, 15) is 4.79 Å². The number of rotatable bonds is 6. The molecule has 0 aromatic carbocycles. The van der Waals surface area contributed by atoms with Gasteiger partial charge in [-0.2, -0.15) is 0 Å². The van der Waals surface area contributed by atoms with Crippen LogP contribution in [0.1, 0.15) is 51.7 Å². The maximum atomic E-state index is 11.6. The third-order valence-electron chi connectivity index (χ3n) is 3.89. The average molecular weight is 493 g/mol. The minimum absolute atomic E-state index is 0. The molecule has 0 radical (unpaired) electrons. The SMILES string of the molecule is CN=C(NCCCNC(=O)OC(C)(C)C)NCc1nnc2n1CCCC2.I. The van der Waals surface area contributed by atoms with Gasteiger partial charge in [-0.15, -0.1) is 34.2 Å². The monoisotopic (exact) mass is 493 g/mol. The standard InChI is InChI=1S/C17H31N7O2.HI/c1-17(2,3)26-16(25)20-10-7-9-19-15(18-4)21-12-14-23-22-13-8-5-6-11-24(13)14;/h5-12H2,1-4H3,(H,20,25)(H2,18,19,21);1H. The highest BCUT2D eigenvalue weighted by Crippen LogP contribution is 2.13. The zero-order valence-corrected chi connectivity index (χ0v) is 19.0. The average Bonchev–Trinajstić information content (AvgIpc) is 2.99. The number of alkyl carbamates (subject to hydrolysis) is 1. The molecule has 1 amide bonds. The van der Waals surface area contributed by atoms with E-state index in [2.05, 4.69) is 35.7 Å². The number of ether oxygens (including phenoxy) is 1. The quantitative estimate of drug-likeness (QED) is 0.242. The molecular formula is C17H32IN7O2. The highest BCUT2D eigenvalue weighted by Gasteiger charge is 2.16. The molecule has 1 aromatic rings. The van der Waals surface area contributed by atoms with Gasteiger partial charge >= 0.3 is 6.09 Å². The number of hydrogen-bond donors (Lipinski definition) is 3. The zero-order valence-electron chi connectivity index (χ0n) is 16.7. The first-order chi connectivity index (χ1) is 12.4. The molecule has 2 heterocycles. The topological polar surface area (TPSA) is 105 Å². The van der Waals surface area contributed by atoms with E-state index in [4.69, 9.17) is 4.74 Å². The number of amides is 1. The molecule has 0 fully saturated rings. The summed E-state index contributed by atoms with van der Waals surface area (Å²) in [5.74, 6) is 2.72. The van der Waals surface area contributed by atoms with Crippen LogP contribution in [0.25, 0.3) is 0 Å². The molecule has 154 valence electrons. The fourth-order valence-corrected chi connectivity index (χ4v) is 2.68. The van der Waals surface area contributed by atoms with Crippen molar-refractivity contribution in [3.63, 3.8) is 0 Å². The summed E-state index contributed by atoms with van der Waals surface area (Å²) in [6, 6.07) is 0. The van der Waals surface area contributed by atoms with Crippen molar-refractivity contribution in [2.75, 3.05) is 20.1 Å². The largest absolute Gasteiger partial charge is 0.444 e. The van der Waals surface area contributed by atoms with Gasteiger partial charge in [-0.3, -0.25) is 4.99 Å². The normalized spacial score (nSPS) is 14.0. The van der Waals surface area contributed by atoms with Crippen LogP contribution in [0.2, 0.25) is 0 Å². The Morgan fingerprint density at radius 3 is 2.63 bits per heavy atom. The highest BCUT2D eigenvalue weighted by molar-refractivity contribution is 14.0. The Bertz CT molecular complexity index is 625. The van der Waals surface area contributed by atoms with E-state index in [0.717, 1.165) is 31.0 Å². The first kappa shape index (κ1) is 23.4. The molecule has 0 aliphatic carbocycles. The number of nitrogens with one attached hydrogen (secondary N) is 3. The first-order valence-corrected chi connectivity index (χ1v) is 9.21. The molecule has 0 saturated heterocycles. The zero-order chi connectivity index (χ0) is 19.0. The highest BCUT2D eigenvalue weighted by atomic mass is 127. The van der Waals surface area contributed by atoms with Gasteiger partial charge in [0.15, 0.2) is 11.8 Å². The summed E-state index contributed by atoms with van der Waals surface area (Å²) in [6.07, 6.45) is 3.74. The molecule has 1 aliphatic rings. The van der Waals surface area contributed by atoms with Crippen molar-refractivity contribution in [2.24, 2.45) is 4.99 Å². The number of aryl methyl sites for hydroxylation is 1. The van der Waals surface area contributed by atoms with Crippen molar-refractivity contribution in [2.45, 2.75) is 65.1 Å². The second kappa shape index (κ2) is 11.3. The molecule has 3 N–H and O–H groups in total. The molecule has 0 saturated carbocycles. The van der Waals surface area contributed by atoms with Crippen molar-refractivity contribution in [3.05, 3.63) is 11.6 Å². The van der Waals surface area contributed by atoms with Gasteiger partial charge in [0, 0.05) is 33.1 Å². The van der Waals surface area contributed by atoms with E-state index in [1.165, 1.54) is 12.8 Å². The fraction of sp³-hybridized carbons (Fsp3) is 0.765. The predicted molar refractivity (Wildman–Crippen MR) is 115 cm³/mol. The summed E-state index contributed by atoms with van der Waals surface area (Å²) in [5.41, 5.74) is -0.477. The Morgan fingerprint density at radius 2 is 1.93 bits per heavy atom. The predicted octanol–water partition coefficient (Wildman–Crippen LogP) is 1.81. The van der Waals surface area contributed by atoms with Crippen LogP contribution in [-0.2, 0) is 24.2 Å². The lowest BCUT2D eigenvalue weighted by molar-refractivity contribution is 0.0527. The molecule has 9 nitrogen and oxygen atoms in total. The van der Waals surface area contributed by atoms with Crippen molar-refractivity contribution in [3.8, 4) is 0 Å². The number of hydrogen-bond acceptors (Lipinski definition) is 5. The Morgan fingerprint density at radius 1 is 1.19 bits per heavy atom. The summed E-state index contributed by atoms with van der Waals surface area (Å²) in [7, 11) is 1.73. The van der Waals surface area contributed by atoms with E-state index < -0.39 is 11.7 Å². The summed E-state index contributed by atoms with van der Waals surface area (Å²) in [4.78, 5) is 15.8. The fourth-order valence-electron chi connectivity index (χ4n) is 2.68. The summed E-state index contributed by atoms with van der Waals surface area (Å²) < 4.78 is 7.38. The summed E-state index contributed by atoms with van der Waals surface area (Å²) in [6.45, 7) is 8.33. The number of halogens is 1. The molecule has 10 heteroatoms. The van der Waals surface area contributed by atoms with E-state index in [-0.39, 0.29) is 24.0 Å².